The zero-order chi connectivity index (χ0) is 16.8. The van der Waals surface area contributed by atoms with E-state index in [1.54, 1.807) is 48.5 Å². The minimum atomic E-state index is -0.472. The Morgan fingerprint density at radius 3 is 2.39 bits per heavy atom. The minimum absolute atomic E-state index is 0.00977. The van der Waals surface area contributed by atoms with E-state index >= 15 is 0 Å². The fourth-order valence-corrected chi connectivity index (χ4v) is 2.18. The number of likely N-dealkylation sites (N-methyl/N-ethyl adjacent to an activating group) is 1. The standard InChI is InChI=1S/C17H14Cl2N2O2/c1-20-17(23)14(10-21-12-8-6-11(18)7-9-12)16(22)13-4-2-3-5-15(13)19/h2-10,22H,1H3,(H,20,23)/b16-14-,21-10?. The summed E-state index contributed by atoms with van der Waals surface area (Å²) < 4.78 is 0. The van der Waals surface area contributed by atoms with Crippen LogP contribution in [0.3, 0.4) is 0 Å². The molecule has 2 rings (SSSR count). The molecule has 2 aromatic rings. The topological polar surface area (TPSA) is 61.7 Å². The van der Waals surface area contributed by atoms with Gasteiger partial charge in [-0.05, 0) is 36.4 Å². The van der Waals surface area contributed by atoms with Gasteiger partial charge in [-0.25, -0.2) is 0 Å². The third kappa shape index (κ3) is 4.34. The summed E-state index contributed by atoms with van der Waals surface area (Å²) >= 11 is 11.9. The van der Waals surface area contributed by atoms with E-state index in [9.17, 15) is 9.90 Å². The van der Waals surface area contributed by atoms with Crippen molar-refractivity contribution in [2.75, 3.05) is 7.05 Å². The minimum Gasteiger partial charge on any atom is -0.506 e. The Labute approximate surface area is 144 Å². The third-order valence-corrected chi connectivity index (χ3v) is 3.61. The molecular weight excluding hydrogens is 335 g/mol. The molecule has 0 heterocycles. The predicted molar refractivity (Wildman–Crippen MR) is 94.7 cm³/mol. The second kappa shape index (κ2) is 7.81. The molecule has 0 aliphatic rings. The summed E-state index contributed by atoms with van der Waals surface area (Å²) in [5.41, 5.74) is 0.966. The summed E-state index contributed by atoms with van der Waals surface area (Å²) in [6.07, 6.45) is 1.29. The molecule has 1 amide bonds. The molecular formula is C17H14Cl2N2O2. The number of amides is 1. The number of hydrogen-bond donors (Lipinski definition) is 2. The molecule has 0 bridgehead atoms. The van der Waals surface area contributed by atoms with Crippen molar-refractivity contribution < 1.29 is 9.90 Å². The molecule has 0 saturated carbocycles. The number of rotatable bonds is 4. The molecule has 0 aromatic heterocycles. The summed E-state index contributed by atoms with van der Waals surface area (Å²) in [7, 11) is 1.47. The van der Waals surface area contributed by atoms with Gasteiger partial charge in [-0.1, -0.05) is 35.3 Å². The van der Waals surface area contributed by atoms with Gasteiger partial charge in [0.05, 0.1) is 16.3 Å². The molecule has 2 N–H and O–H groups in total. The van der Waals surface area contributed by atoms with E-state index < -0.39 is 5.91 Å². The monoisotopic (exact) mass is 348 g/mol. The number of nitrogens with zero attached hydrogens (tertiary/aromatic N) is 1. The van der Waals surface area contributed by atoms with Crippen LogP contribution in [0.2, 0.25) is 10.0 Å². The van der Waals surface area contributed by atoms with Crippen LogP contribution >= 0.6 is 23.2 Å². The van der Waals surface area contributed by atoms with Crippen LogP contribution < -0.4 is 5.32 Å². The molecule has 2 aromatic carbocycles. The average molecular weight is 349 g/mol. The molecule has 0 saturated heterocycles. The molecule has 0 aliphatic carbocycles. The SMILES string of the molecule is CNC(=O)/C(C=Nc1ccc(Cl)cc1)=C(\O)c1ccccc1Cl. The summed E-state index contributed by atoms with van der Waals surface area (Å²) in [6.45, 7) is 0. The first-order valence-corrected chi connectivity index (χ1v) is 7.48. The van der Waals surface area contributed by atoms with Crippen molar-refractivity contribution in [3.63, 3.8) is 0 Å². The first-order chi connectivity index (χ1) is 11.0. The Morgan fingerprint density at radius 2 is 1.78 bits per heavy atom. The van der Waals surface area contributed by atoms with Crippen LogP contribution in [0.15, 0.2) is 59.1 Å². The van der Waals surface area contributed by atoms with Crippen molar-refractivity contribution in [3.8, 4) is 0 Å². The van der Waals surface area contributed by atoms with Gasteiger partial charge >= 0.3 is 0 Å². The second-order valence-electron chi connectivity index (χ2n) is 4.56. The molecule has 0 aliphatic heterocycles. The smallest absolute Gasteiger partial charge is 0.256 e. The van der Waals surface area contributed by atoms with E-state index in [1.165, 1.54) is 13.3 Å². The second-order valence-corrected chi connectivity index (χ2v) is 5.40. The van der Waals surface area contributed by atoms with E-state index in [2.05, 4.69) is 10.3 Å². The molecule has 0 spiro atoms. The molecule has 0 atom stereocenters. The summed E-state index contributed by atoms with van der Waals surface area (Å²) in [5.74, 6) is -0.715. The maximum Gasteiger partial charge on any atom is 0.256 e. The van der Waals surface area contributed by atoms with E-state index in [1.807, 2.05) is 0 Å². The lowest BCUT2D eigenvalue weighted by Crippen LogP contribution is -2.22. The first kappa shape index (κ1) is 17.1. The molecule has 0 fully saturated rings. The summed E-state index contributed by atoms with van der Waals surface area (Å²) in [4.78, 5) is 16.2. The van der Waals surface area contributed by atoms with Crippen LogP contribution in [-0.4, -0.2) is 24.3 Å². The highest BCUT2D eigenvalue weighted by Gasteiger charge is 2.15. The Kier molecular flexibility index (Phi) is 5.79. The van der Waals surface area contributed by atoms with Crippen molar-refractivity contribution >= 4 is 46.8 Å². The molecule has 0 radical (unpaired) electrons. The normalized spacial score (nSPS) is 12.1. The van der Waals surface area contributed by atoms with Crippen molar-refractivity contribution in [1.29, 1.82) is 0 Å². The van der Waals surface area contributed by atoms with Crippen LogP contribution in [0.4, 0.5) is 5.69 Å². The fraction of sp³-hybridized carbons (Fsp3) is 0.0588. The maximum absolute atomic E-state index is 12.0. The average Bonchev–Trinajstić information content (AvgIpc) is 2.56. The van der Waals surface area contributed by atoms with E-state index in [-0.39, 0.29) is 11.3 Å². The third-order valence-electron chi connectivity index (χ3n) is 3.03. The Hall–Kier alpha value is -2.30. The van der Waals surface area contributed by atoms with Crippen LogP contribution in [0.25, 0.3) is 5.76 Å². The van der Waals surface area contributed by atoms with Gasteiger partial charge in [-0.2, -0.15) is 0 Å². The predicted octanol–water partition coefficient (Wildman–Crippen LogP) is 4.41. The molecule has 4 nitrogen and oxygen atoms in total. The van der Waals surface area contributed by atoms with Crippen LogP contribution in [-0.2, 0) is 4.79 Å². The van der Waals surface area contributed by atoms with Gasteiger partial charge in [0, 0.05) is 23.8 Å². The van der Waals surface area contributed by atoms with Gasteiger partial charge in [0.1, 0.15) is 5.76 Å². The quantitative estimate of drug-likeness (QED) is 0.488. The number of benzene rings is 2. The van der Waals surface area contributed by atoms with Crippen LogP contribution in [0, 0.1) is 0 Å². The van der Waals surface area contributed by atoms with Gasteiger partial charge in [0.25, 0.3) is 5.91 Å². The van der Waals surface area contributed by atoms with Gasteiger partial charge < -0.3 is 10.4 Å². The Balaban J connectivity index is 2.45. The lowest BCUT2D eigenvalue weighted by Gasteiger charge is -2.07. The number of hydrogen-bond acceptors (Lipinski definition) is 3. The van der Waals surface area contributed by atoms with E-state index in [0.717, 1.165) is 0 Å². The molecule has 6 heteroatoms. The number of aliphatic imine (C=N–C) groups is 1. The van der Waals surface area contributed by atoms with Crippen molar-refractivity contribution in [2.24, 2.45) is 4.99 Å². The fourth-order valence-electron chi connectivity index (χ4n) is 1.83. The highest BCUT2D eigenvalue weighted by atomic mass is 35.5. The number of nitrogens with one attached hydrogen (secondary N) is 1. The molecule has 23 heavy (non-hydrogen) atoms. The Bertz CT molecular complexity index is 768. The lowest BCUT2D eigenvalue weighted by atomic mass is 10.1. The maximum atomic E-state index is 12.0. The van der Waals surface area contributed by atoms with Crippen LogP contribution in [0.1, 0.15) is 5.56 Å². The number of aliphatic hydroxyl groups is 1. The Morgan fingerprint density at radius 1 is 1.13 bits per heavy atom. The van der Waals surface area contributed by atoms with Crippen molar-refractivity contribution in [1.82, 2.24) is 5.32 Å². The van der Waals surface area contributed by atoms with Gasteiger partial charge in [-0.3, -0.25) is 9.79 Å². The zero-order valence-electron chi connectivity index (χ0n) is 12.3. The number of aliphatic hydroxyl groups excluding tert-OH is 1. The molecule has 0 unspecified atom stereocenters. The van der Waals surface area contributed by atoms with Gasteiger partial charge in [0.2, 0.25) is 0 Å². The number of carbonyl (C=O) groups is 1. The number of halogens is 2. The zero-order valence-corrected chi connectivity index (χ0v) is 13.8. The van der Waals surface area contributed by atoms with Gasteiger partial charge in [-0.15, -0.1) is 0 Å². The highest BCUT2D eigenvalue weighted by molar-refractivity contribution is 6.33. The first-order valence-electron chi connectivity index (χ1n) is 6.72. The van der Waals surface area contributed by atoms with Crippen molar-refractivity contribution in [3.05, 3.63) is 69.7 Å². The van der Waals surface area contributed by atoms with Crippen molar-refractivity contribution in [2.45, 2.75) is 0 Å². The molecule has 118 valence electrons. The summed E-state index contributed by atoms with van der Waals surface area (Å²) in [6, 6.07) is 13.5. The van der Waals surface area contributed by atoms with E-state index in [4.69, 9.17) is 23.2 Å². The summed E-state index contributed by atoms with van der Waals surface area (Å²) in [5, 5.41) is 13.8. The number of carbonyl (C=O) groups excluding carboxylic acids is 1. The van der Waals surface area contributed by atoms with Gasteiger partial charge in [0.15, 0.2) is 0 Å². The lowest BCUT2D eigenvalue weighted by molar-refractivity contribution is -0.116. The van der Waals surface area contributed by atoms with Crippen LogP contribution in [0.5, 0.6) is 0 Å². The largest absolute Gasteiger partial charge is 0.506 e. The van der Waals surface area contributed by atoms with E-state index in [0.29, 0.717) is 21.3 Å². The highest BCUT2D eigenvalue weighted by Crippen LogP contribution is 2.24.